The van der Waals surface area contributed by atoms with Crippen LogP contribution in [0.25, 0.3) is 10.9 Å². The van der Waals surface area contributed by atoms with Gasteiger partial charge >= 0.3 is 0 Å². The maximum atomic E-state index is 12.2. The van der Waals surface area contributed by atoms with Crippen LogP contribution < -0.4 is 5.32 Å². The monoisotopic (exact) mass is 256 g/mol. The fourth-order valence-electron chi connectivity index (χ4n) is 2.24. The van der Waals surface area contributed by atoms with E-state index < -0.39 is 6.10 Å². The molecule has 4 heteroatoms. The fourth-order valence-corrected chi connectivity index (χ4v) is 2.24. The van der Waals surface area contributed by atoms with Crippen LogP contribution in [0.4, 0.5) is 0 Å². The van der Waals surface area contributed by atoms with Gasteiger partial charge in [-0.1, -0.05) is 12.1 Å². The summed E-state index contributed by atoms with van der Waals surface area (Å²) in [6.07, 6.45) is 3.42. The summed E-state index contributed by atoms with van der Waals surface area (Å²) in [6.45, 7) is 0.320. The van der Waals surface area contributed by atoms with E-state index in [0.29, 0.717) is 18.0 Å². The first kappa shape index (κ1) is 12.1. The number of aromatic nitrogens is 1. The van der Waals surface area contributed by atoms with E-state index in [1.54, 1.807) is 12.3 Å². The summed E-state index contributed by atoms with van der Waals surface area (Å²) in [5.41, 5.74) is 1.41. The third kappa shape index (κ3) is 2.58. The second kappa shape index (κ2) is 4.97. The number of rotatable bonds is 4. The SMILES string of the molecule is O=C(NCC(O)C1CC1)c1cccc2ncccc12. The third-order valence-electron chi connectivity index (χ3n) is 3.53. The number of hydrogen-bond donors (Lipinski definition) is 2. The van der Waals surface area contributed by atoms with Crippen molar-refractivity contribution >= 4 is 16.8 Å². The highest BCUT2D eigenvalue weighted by Gasteiger charge is 2.29. The van der Waals surface area contributed by atoms with Gasteiger partial charge in [0.2, 0.25) is 0 Å². The van der Waals surface area contributed by atoms with Gasteiger partial charge in [0.15, 0.2) is 0 Å². The number of amides is 1. The molecule has 0 bridgehead atoms. The first-order valence-corrected chi connectivity index (χ1v) is 6.56. The highest BCUT2D eigenvalue weighted by molar-refractivity contribution is 6.06. The van der Waals surface area contributed by atoms with Crippen LogP contribution in [-0.4, -0.2) is 28.6 Å². The highest BCUT2D eigenvalue weighted by Crippen LogP contribution is 2.32. The van der Waals surface area contributed by atoms with Crippen molar-refractivity contribution in [3.05, 3.63) is 42.1 Å². The van der Waals surface area contributed by atoms with E-state index in [4.69, 9.17) is 0 Å². The van der Waals surface area contributed by atoms with Crippen LogP contribution >= 0.6 is 0 Å². The molecule has 1 aliphatic carbocycles. The van der Waals surface area contributed by atoms with Crippen molar-refractivity contribution < 1.29 is 9.90 Å². The van der Waals surface area contributed by atoms with E-state index in [1.165, 1.54) is 0 Å². The van der Waals surface area contributed by atoms with Gasteiger partial charge in [-0.2, -0.15) is 0 Å². The molecule has 0 spiro atoms. The van der Waals surface area contributed by atoms with Gasteiger partial charge in [0.25, 0.3) is 5.91 Å². The standard InChI is InChI=1S/C15H16N2O2/c18-14(10-6-7-10)9-17-15(19)12-3-1-5-13-11(12)4-2-8-16-13/h1-5,8,10,14,18H,6-7,9H2,(H,17,19). The average Bonchev–Trinajstić information content (AvgIpc) is 3.28. The van der Waals surface area contributed by atoms with E-state index in [2.05, 4.69) is 10.3 Å². The Bertz CT molecular complexity index is 603. The number of nitrogens with one attached hydrogen (secondary N) is 1. The van der Waals surface area contributed by atoms with Crippen molar-refractivity contribution in [2.24, 2.45) is 5.92 Å². The number of fused-ring (bicyclic) bond motifs is 1. The molecular formula is C15H16N2O2. The molecule has 1 saturated carbocycles. The minimum atomic E-state index is -0.419. The fraction of sp³-hybridized carbons (Fsp3) is 0.333. The van der Waals surface area contributed by atoms with Crippen LogP contribution in [0.3, 0.4) is 0 Å². The molecule has 0 aliphatic heterocycles. The molecule has 1 aromatic heterocycles. The minimum absolute atomic E-state index is 0.154. The van der Waals surface area contributed by atoms with Crippen LogP contribution in [0.1, 0.15) is 23.2 Å². The molecule has 1 aliphatic rings. The average molecular weight is 256 g/mol. The zero-order valence-electron chi connectivity index (χ0n) is 10.5. The summed E-state index contributed by atoms with van der Waals surface area (Å²) in [6, 6.07) is 9.18. The molecule has 1 amide bonds. The predicted molar refractivity (Wildman–Crippen MR) is 72.8 cm³/mol. The Morgan fingerprint density at radius 3 is 3.00 bits per heavy atom. The molecule has 1 fully saturated rings. The van der Waals surface area contributed by atoms with E-state index in [-0.39, 0.29) is 5.91 Å². The Morgan fingerprint density at radius 1 is 1.37 bits per heavy atom. The molecule has 1 unspecified atom stereocenters. The van der Waals surface area contributed by atoms with Crippen molar-refractivity contribution in [3.8, 4) is 0 Å². The molecule has 1 aromatic carbocycles. The van der Waals surface area contributed by atoms with E-state index in [9.17, 15) is 9.90 Å². The zero-order valence-corrected chi connectivity index (χ0v) is 10.5. The van der Waals surface area contributed by atoms with Gasteiger partial charge in [0, 0.05) is 23.7 Å². The van der Waals surface area contributed by atoms with Gasteiger partial charge in [-0.25, -0.2) is 0 Å². The molecular weight excluding hydrogens is 240 g/mol. The Morgan fingerprint density at radius 2 is 2.21 bits per heavy atom. The number of nitrogens with zero attached hydrogens (tertiary/aromatic N) is 1. The maximum absolute atomic E-state index is 12.2. The molecule has 98 valence electrons. The summed E-state index contributed by atoms with van der Waals surface area (Å²) < 4.78 is 0. The summed E-state index contributed by atoms with van der Waals surface area (Å²) >= 11 is 0. The van der Waals surface area contributed by atoms with Crippen LogP contribution in [0.15, 0.2) is 36.5 Å². The maximum Gasteiger partial charge on any atom is 0.252 e. The molecule has 3 rings (SSSR count). The van der Waals surface area contributed by atoms with E-state index in [0.717, 1.165) is 23.7 Å². The lowest BCUT2D eigenvalue weighted by Gasteiger charge is -2.11. The molecule has 19 heavy (non-hydrogen) atoms. The minimum Gasteiger partial charge on any atom is -0.391 e. The number of hydrogen-bond acceptors (Lipinski definition) is 3. The lowest BCUT2D eigenvalue weighted by molar-refractivity contribution is 0.0902. The van der Waals surface area contributed by atoms with Crippen molar-refractivity contribution in [2.45, 2.75) is 18.9 Å². The molecule has 4 nitrogen and oxygen atoms in total. The summed E-state index contributed by atoms with van der Waals surface area (Å²) in [5.74, 6) is 0.216. The largest absolute Gasteiger partial charge is 0.391 e. The van der Waals surface area contributed by atoms with Gasteiger partial charge in [0.1, 0.15) is 0 Å². The summed E-state index contributed by atoms with van der Waals surface area (Å²) in [5, 5.41) is 13.4. The Hall–Kier alpha value is -1.94. The number of carbonyl (C=O) groups is 1. The van der Waals surface area contributed by atoms with E-state index >= 15 is 0 Å². The molecule has 2 aromatic rings. The van der Waals surface area contributed by atoms with Crippen molar-refractivity contribution in [3.63, 3.8) is 0 Å². The number of aliphatic hydroxyl groups excluding tert-OH is 1. The predicted octanol–water partition coefficient (Wildman–Crippen LogP) is 1.74. The van der Waals surface area contributed by atoms with Crippen LogP contribution in [-0.2, 0) is 0 Å². The van der Waals surface area contributed by atoms with E-state index in [1.807, 2.05) is 24.3 Å². The molecule has 1 atom stereocenters. The molecule has 1 heterocycles. The Kier molecular flexibility index (Phi) is 3.17. The van der Waals surface area contributed by atoms with Crippen molar-refractivity contribution in [1.29, 1.82) is 0 Å². The second-order valence-electron chi connectivity index (χ2n) is 4.99. The van der Waals surface area contributed by atoms with Gasteiger partial charge in [-0.05, 0) is 37.0 Å². The van der Waals surface area contributed by atoms with Crippen LogP contribution in [0.2, 0.25) is 0 Å². The first-order chi connectivity index (χ1) is 9.25. The molecule has 0 radical (unpaired) electrons. The molecule has 0 saturated heterocycles. The smallest absolute Gasteiger partial charge is 0.252 e. The number of benzene rings is 1. The summed E-state index contributed by atoms with van der Waals surface area (Å²) in [4.78, 5) is 16.4. The number of aliphatic hydroxyl groups is 1. The Labute approximate surface area is 111 Å². The number of carbonyl (C=O) groups excluding carboxylic acids is 1. The lowest BCUT2D eigenvalue weighted by Crippen LogP contribution is -2.33. The quantitative estimate of drug-likeness (QED) is 0.875. The third-order valence-corrected chi connectivity index (χ3v) is 3.53. The molecule has 2 N–H and O–H groups in total. The second-order valence-corrected chi connectivity index (χ2v) is 4.99. The number of pyridine rings is 1. The topological polar surface area (TPSA) is 62.2 Å². The van der Waals surface area contributed by atoms with Crippen molar-refractivity contribution in [1.82, 2.24) is 10.3 Å². The van der Waals surface area contributed by atoms with Crippen LogP contribution in [0, 0.1) is 5.92 Å². The van der Waals surface area contributed by atoms with Crippen LogP contribution in [0.5, 0.6) is 0 Å². The summed E-state index contributed by atoms with van der Waals surface area (Å²) in [7, 11) is 0. The van der Waals surface area contributed by atoms with Crippen molar-refractivity contribution in [2.75, 3.05) is 6.54 Å². The van der Waals surface area contributed by atoms with Gasteiger partial charge in [0.05, 0.1) is 11.6 Å². The lowest BCUT2D eigenvalue weighted by atomic mass is 10.1. The van der Waals surface area contributed by atoms with Gasteiger partial charge < -0.3 is 10.4 Å². The Balaban J connectivity index is 1.77. The first-order valence-electron chi connectivity index (χ1n) is 6.56. The van der Waals surface area contributed by atoms with Gasteiger partial charge in [-0.15, -0.1) is 0 Å². The van der Waals surface area contributed by atoms with Gasteiger partial charge in [-0.3, -0.25) is 9.78 Å². The normalized spacial score (nSPS) is 16.3. The highest BCUT2D eigenvalue weighted by atomic mass is 16.3. The zero-order chi connectivity index (χ0) is 13.2.